The Bertz CT molecular complexity index is 1430. The third-order valence-corrected chi connectivity index (χ3v) is 6.17. The van der Waals surface area contributed by atoms with Crippen molar-refractivity contribution in [3.63, 3.8) is 0 Å². The highest BCUT2D eigenvalue weighted by molar-refractivity contribution is 6.23. The summed E-state index contributed by atoms with van der Waals surface area (Å²) in [6.45, 7) is 3.62. The number of aromatic nitrogens is 2. The summed E-state index contributed by atoms with van der Waals surface area (Å²) in [5.41, 5.74) is 3.75. The number of rotatable bonds is 7. The van der Waals surface area contributed by atoms with E-state index in [9.17, 15) is 14.4 Å². The predicted octanol–water partition coefficient (Wildman–Crippen LogP) is 5.15. The summed E-state index contributed by atoms with van der Waals surface area (Å²) < 4.78 is 0. The van der Waals surface area contributed by atoms with E-state index in [4.69, 9.17) is 0 Å². The molecular formula is C29H25N5O3. The van der Waals surface area contributed by atoms with Crippen LogP contribution in [-0.4, -0.2) is 38.6 Å². The lowest BCUT2D eigenvalue weighted by atomic mass is 10.0. The minimum Gasteiger partial charge on any atom is -0.340 e. The predicted molar refractivity (Wildman–Crippen MR) is 141 cm³/mol. The molecule has 8 nitrogen and oxygen atoms in total. The molecule has 1 aliphatic rings. The number of hydrogen-bond donors (Lipinski definition) is 2. The maximum Gasteiger partial charge on any atom is 0.262 e. The Hall–Kier alpha value is -4.85. The number of carbonyl (C=O) groups is 3. The SMILES string of the molecule is CC(C)C(C(=O)Nc1ccc(Nc2cc(-c3ccccc3)ncn2)cc1)N1C(=O)c2ccccc2C1=O. The van der Waals surface area contributed by atoms with Crippen molar-refractivity contribution in [3.8, 4) is 11.3 Å². The quantitative estimate of drug-likeness (QED) is 0.347. The lowest BCUT2D eigenvalue weighted by Crippen LogP contribution is -2.50. The summed E-state index contributed by atoms with van der Waals surface area (Å²) >= 11 is 0. The van der Waals surface area contributed by atoms with Gasteiger partial charge in [-0.05, 0) is 42.3 Å². The summed E-state index contributed by atoms with van der Waals surface area (Å²) in [6, 6.07) is 24.5. The van der Waals surface area contributed by atoms with Gasteiger partial charge in [-0.25, -0.2) is 9.97 Å². The third kappa shape index (κ3) is 4.81. The summed E-state index contributed by atoms with van der Waals surface area (Å²) in [6.07, 6.45) is 1.50. The van der Waals surface area contributed by atoms with Gasteiger partial charge in [-0.15, -0.1) is 0 Å². The second-order valence-electron chi connectivity index (χ2n) is 9.06. The van der Waals surface area contributed by atoms with Crippen LogP contribution >= 0.6 is 0 Å². The van der Waals surface area contributed by atoms with Crippen molar-refractivity contribution >= 4 is 34.9 Å². The molecule has 5 rings (SSSR count). The van der Waals surface area contributed by atoms with Crippen molar-refractivity contribution in [2.75, 3.05) is 10.6 Å². The van der Waals surface area contributed by atoms with Gasteiger partial charge in [0.2, 0.25) is 5.91 Å². The molecule has 1 atom stereocenters. The van der Waals surface area contributed by atoms with Crippen molar-refractivity contribution < 1.29 is 14.4 Å². The number of benzene rings is 3. The Balaban J connectivity index is 1.29. The normalized spacial score (nSPS) is 13.4. The van der Waals surface area contributed by atoms with Gasteiger partial charge in [0.05, 0.1) is 16.8 Å². The van der Waals surface area contributed by atoms with Gasteiger partial charge in [0.1, 0.15) is 18.2 Å². The van der Waals surface area contributed by atoms with E-state index in [-0.39, 0.29) is 5.92 Å². The highest BCUT2D eigenvalue weighted by atomic mass is 16.2. The van der Waals surface area contributed by atoms with Crippen LogP contribution in [0, 0.1) is 5.92 Å². The lowest BCUT2D eigenvalue weighted by molar-refractivity contribution is -0.121. The van der Waals surface area contributed by atoms with Crippen LogP contribution in [-0.2, 0) is 4.79 Å². The second kappa shape index (κ2) is 10.0. The first-order valence-corrected chi connectivity index (χ1v) is 11.9. The monoisotopic (exact) mass is 491 g/mol. The summed E-state index contributed by atoms with van der Waals surface area (Å²) in [7, 11) is 0. The molecule has 0 aliphatic carbocycles. The molecule has 1 aliphatic heterocycles. The van der Waals surface area contributed by atoms with Gasteiger partial charge in [-0.1, -0.05) is 56.3 Å². The van der Waals surface area contributed by atoms with E-state index < -0.39 is 23.8 Å². The molecule has 0 saturated heterocycles. The first-order chi connectivity index (χ1) is 17.9. The fourth-order valence-electron chi connectivity index (χ4n) is 4.37. The molecule has 3 aromatic carbocycles. The van der Waals surface area contributed by atoms with Crippen molar-refractivity contribution in [1.82, 2.24) is 14.9 Å². The van der Waals surface area contributed by atoms with Crippen LogP contribution in [0.15, 0.2) is 91.3 Å². The number of amides is 3. The van der Waals surface area contributed by atoms with Crippen molar-refractivity contribution in [2.45, 2.75) is 19.9 Å². The zero-order chi connectivity index (χ0) is 25.9. The lowest BCUT2D eigenvalue weighted by Gasteiger charge is -2.28. The van der Waals surface area contributed by atoms with Gasteiger partial charge in [0.25, 0.3) is 11.8 Å². The van der Waals surface area contributed by atoms with Crippen LogP contribution < -0.4 is 10.6 Å². The van der Waals surface area contributed by atoms with Crippen LogP contribution in [0.25, 0.3) is 11.3 Å². The molecule has 4 aromatic rings. The van der Waals surface area contributed by atoms with E-state index >= 15 is 0 Å². The Morgan fingerprint density at radius 2 is 1.38 bits per heavy atom. The van der Waals surface area contributed by atoms with Gasteiger partial charge in [0.15, 0.2) is 0 Å². The second-order valence-corrected chi connectivity index (χ2v) is 9.06. The van der Waals surface area contributed by atoms with Crippen LogP contribution in [0.2, 0.25) is 0 Å². The Morgan fingerprint density at radius 3 is 2.00 bits per heavy atom. The number of hydrogen-bond acceptors (Lipinski definition) is 6. The standard InChI is InChI=1S/C29H25N5O3/c1-18(2)26(34-28(36)22-10-6-7-11-23(22)29(34)37)27(35)33-21-14-12-20(13-15-21)32-25-16-24(30-17-31-25)19-8-4-3-5-9-19/h3-18,26H,1-2H3,(H,33,35)(H,30,31,32). The van der Waals surface area contributed by atoms with E-state index in [2.05, 4.69) is 20.6 Å². The van der Waals surface area contributed by atoms with Gasteiger partial charge < -0.3 is 10.6 Å². The summed E-state index contributed by atoms with van der Waals surface area (Å²) in [4.78, 5) is 48.8. The fraction of sp³-hybridized carbons (Fsp3) is 0.138. The Labute approximate surface area is 214 Å². The average molecular weight is 492 g/mol. The first kappa shape index (κ1) is 23.9. The highest BCUT2D eigenvalue weighted by Crippen LogP contribution is 2.28. The van der Waals surface area contributed by atoms with Crippen LogP contribution in [0.5, 0.6) is 0 Å². The Morgan fingerprint density at radius 1 is 0.784 bits per heavy atom. The van der Waals surface area contributed by atoms with Crippen LogP contribution in [0.1, 0.15) is 34.6 Å². The molecule has 0 fully saturated rings. The molecule has 0 spiro atoms. The number of nitrogens with zero attached hydrogens (tertiary/aromatic N) is 3. The van der Waals surface area contributed by atoms with Gasteiger partial charge in [0, 0.05) is 23.0 Å². The minimum atomic E-state index is -0.942. The molecule has 1 aromatic heterocycles. The molecule has 0 bridgehead atoms. The van der Waals surface area contributed by atoms with E-state index in [1.165, 1.54) is 6.33 Å². The molecule has 2 heterocycles. The largest absolute Gasteiger partial charge is 0.340 e. The molecule has 37 heavy (non-hydrogen) atoms. The van der Waals surface area contributed by atoms with E-state index in [0.717, 1.165) is 21.8 Å². The van der Waals surface area contributed by atoms with Crippen LogP contribution in [0.3, 0.4) is 0 Å². The van der Waals surface area contributed by atoms with Crippen LogP contribution in [0.4, 0.5) is 17.2 Å². The average Bonchev–Trinajstić information content (AvgIpc) is 3.16. The minimum absolute atomic E-state index is 0.278. The molecule has 3 amide bonds. The molecule has 8 heteroatoms. The number of carbonyl (C=O) groups excluding carboxylic acids is 3. The summed E-state index contributed by atoms with van der Waals surface area (Å²) in [5.74, 6) is -0.966. The van der Waals surface area contributed by atoms with Crippen molar-refractivity contribution in [3.05, 3.63) is 102 Å². The van der Waals surface area contributed by atoms with E-state index in [1.54, 1.807) is 36.4 Å². The topological polar surface area (TPSA) is 104 Å². The number of nitrogens with one attached hydrogen (secondary N) is 2. The molecule has 184 valence electrons. The molecule has 2 N–H and O–H groups in total. The molecular weight excluding hydrogens is 466 g/mol. The number of anilines is 3. The smallest absolute Gasteiger partial charge is 0.262 e. The maximum atomic E-state index is 13.2. The zero-order valence-corrected chi connectivity index (χ0v) is 20.4. The van der Waals surface area contributed by atoms with Gasteiger partial charge in [-0.2, -0.15) is 0 Å². The first-order valence-electron chi connectivity index (χ1n) is 11.9. The third-order valence-electron chi connectivity index (χ3n) is 6.17. The number of imide groups is 1. The Kier molecular flexibility index (Phi) is 6.47. The molecule has 0 radical (unpaired) electrons. The van der Waals surface area contributed by atoms with Gasteiger partial charge >= 0.3 is 0 Å². The zero-order valence-electron chi connectivity index (χ0n) is 20.4. The van der Waals surface area contributed by atoms with E-state index in [0.29, 0.717) is 22.6 Å². The maximum absolute atomic E-state index is 13.2. The van der Waals surface area contributed by atoms with E-state index in [1.807, 2.05) is 62.4 Å². The van der Waals surface area contributed by atoms with Crippen molar-refractivity contribution in [2.24, 2.45) is 5.92 Å². The highest BCUT2D eigenvalue weighted by Gasteiger charge is 2.43. The number of fused-ring (bicyclic) bond motifs is 1. The summed E-state index contributed by atoms with van der Waals surface area (Å²) in [5, 5.41) is 6.09. The fourth-order valence-corrected chi connectivity index (χ4v) is 4.37. The van der Waals surface area contributed by atoms with Crippen molar-refractivity contribution in [1.29, 1.82) is 0 Å². The molecule has 1 unspecified atom stereocenters. The van der Waals surface area contributed by atoms with Gasteiger partial charge in [-0.3, -0.25) is 19.3 Å². The molecule has 0 saturated carbocycles.